The molecule has 2 unspecified atom stereocenters. The highest BCUT2D eigenvalue weighted by Gasteiger charge is 2.31. The quantitative estimate of drug-likeness (QED) is 0.931. The predicted octanol–water partition coefficient (Wildman–Crippen LogP) is 3.86. The van der Waals surface area contributed by atoms with Crippen LogP contribution in [0.3, 0.4) is 0 Å². The lowest BCUT2D eigenvalue weighted by atomic mass is 9.86. The van der Waals surface area contributed by atoms with E-state index in [4.69, 9.17) is 4.74 Å². The van der Waals surface area contributed by atoms with Crippen molar-refractivity contribution in [3.63, 3.8) is 0 Å². The lowest BCUT2D eigenvalue weighted by Crippen LogP contribution is -2.46. The first-order valence-corrected chi connectivity index (χ1v) is 8.27. The first-order chi connectivity index (χ1) is 11.2. The van der Waals surface area contributed by atoms with Crippen molar-refractivity contribution in [2.45, 2.75) is 38.1 Å². The van der Waals surface area contributed by atoms with E-state index in [1.165, 1.54) is 5.56 Å². The Balaban J connectivity index is 1.74. The molecule has 3 nitrogen and oxygen atoms in total. The van der Waals surface area contributed by atoms with Gasteiger partial charge in [-0.25, -0.2) is 0 Å². The molecule has 2 aromatic carbocycles. The van der Waals surface area contributed by atoms with Crippen LogP contribution in [-0.4, -0.2) is 18.6 Å². The molecule has 0 spiro atoms. The summed E-state index contributed by atoms with van der Waals surface area (Å²) < 4.78 is 5.84. The number of para-hydroxylation sites is 1. The average Bonchev–Trinajstić information content (AvgIpc) is 2.61. The third kappa shape index (κ3) is 3.24. The smallest absolute Gasteiger partial charge is 0.227 e. The number of carbonyl (C=O) groups excluding carboxylic acids is 1. The largest absolute Gasteiger partial charge is 0.491 e. The number of rotatable bonds is 4. The summed E-state index contributed by atoms with van der Waals surface area (Å²) in [6.07, 6.45) is 0.977. The SMILES string of the molecule is CCC1c2ccccc2OCC1NC(=O)[C@@H](C)c1ccccc1. The maximum atomic E-state index is 12.6. The summed E-state index contributed by atoms with van der Waals surface area (Å²) in [5.41, 5.74) is 2.23. The highest BCUT2D eigenvalue weighted by molar-refractivity contribution is 5.83. The molecule has 2 aromatic rings. The predicted molar refractivity (Wildman–Crippen MR) is 91.8 cm³/mol. The van der Waals surface area contributed by atoms with E-state index in [1.54, 1.807) is 0 Å². The van der Waals surface area contributed by atoms with Gasteiger partial charge in [-0.2, -0.15) is 0 Å². The molecule has 120 valence electrons. The van der Waals surface area contributed by atoms with Crippen LogP contribution in [0.4, 0.5) is 0 Å². The number of amides is 1. The first-order valence-electron chi connectivity index (χ1n) is 8.27. The Morgan fingerprint density at radius 1 is 1.17 bits per heavy atom. The van der Waals surface area contributed by atoms with Crippen LogP contribution in [0, 0.1) is 0 Å². The maximum Gasteiger partial charge on any atom is 0.227 e. The van der Waals surface area contributed by atoms with E-state index < -0.39 is 0 Å². The molecule has 0 aliphatic carbocycles. The fraction of sp³-hybridized carbons (Fsp3) is 0.350. The number of ether oxygens (including phenoxy) is 1. The van der Waals surface area contributed by atoms with E-state index in [1.807, 2.05) is 55.5 Å². The number of fused-ring (bicyclic) bond motifs is 1. The van der Waals surface area contributed by atoms with Gasteiger partial charge in [0.2, 0.25) is 5.91 Å². The third-order valence-corrected chi connectivity index (χ3v) is 4.68. The van der Waals surface area contributed by atoms with Gasteiger partial charge in [-0.1, -0.05) is 55.5 Å². The Morgan fingerprint density at radius 2 is 1.87 bits per heavy atom. The third-order valence-electron chi connectivity index (χ3n) is 4.68. The van der Waals surface area contributed by atoms with Gasteiger partial charge in [-0.3, -0.25) is 4.79 Å². The topological polar surface area (TPSA) is 38.3 Å². The summed E-state index contributed by atoms with van der Waals surface area (Å²) in [5.74, 6) is 1.14. The van der Waals surface area contributed by atoms with E-state index in [2.05, 4.69) is 18.3 Å². The van der Waals surface area contributed by atoms with Crippen molar-refractivity contribution < 1.29 is 9.53 Å². The molecule has 1 amide bonds. The van der Waals surface area contributed by atoms with Crippen molar-refractivity contribution in [1.82, 2.24) is 5.32 Å². The standard InChI is InChI=1S/C20H23NO2/c1-3-16-17-11-7-8-12-19(17)23-13-18(16)21-20(22)14(2)15-9-5-4-6-10-15/h4-12,14,16,18H,3,13H2,1-2H3,(H,21,22)/t14-,16?,18?/m0/s1. The summed E-state index contributed by atoms with van der Waals surface area (Å²) in [4.78, 5) is 12.6. The maximum absolute atomic E-state index is 12.6. The van der Waals surface area contributed by atoms with Crippen LogP contribution in [0.2, 0.25) is 0 Å². The van der Waals surface area contributed by atoms with E-state index in [0.29, 0.717) is 12.5 Å². The van der Waals surface area contributed by atoms with Crippen molar-refractivity contribution in [3.8, 4) is 5.75 Å². The molecule has 1 N–H and O–H groups in total. The monoisotopic (exact) mass is 309 g/mol. The van der Waals surface area contributed by atoms with Crippen LogP contribution < -0.4 is 10.1 Å². The normalized spacial score (nSPS) is 21.0. The van der Waals surface area contributed by atoms with E-state index in [0.717, 1.165) is 17.7 Å². The van der Waals surface area contributed by atoms with Gasteiger partial charge in [0, 0.05) is 5.92 Å². The van der Waals surface area contributed by atoms with Gasteiger partial charge in [0.25, 0.3) is 0 Å². The summed E-state index contributed by atoms with van der Waals surface area (Å²) in [7, 11) is 0. The van der Waals surface area contributed by atoms with Crippen molar-refractivity contribution in [2.75, 3.05) is 6.61 Å². The molecule has 3 atom stereocenters. The van der Waals surface area contributed by atoms with E-state index in [9.17, 15) is 4.79 Å². The Hall–Kier alpha value is -2.29. The molecule has 1 heterocycles. The van der Waals surface area contributed by atoms with Gasteiger partial charge in [-0.05, 0) is 30.5 Å². The number of benzene rings is 2. The molecule has 0 saturated heterocycles. The van der Waals surface area contributed by atoms with Gasteiger partial charge in [0.05, 0.1) is 12.0 Å². The zero-order valence-electron chi connectivity index (χ0n) is 13.7. The van der Waals surface area contributed by atoms with Gasteiger partial charge in [0.15, 0.2) is 0 Å². The van der Waals surface area contributed by atoms with Gasteiger partial charge in [0.1, 0.15) is 12.4 Å². The van der Waals surface area contributed by atoms with Crippen LogP contribution in [0.25, 0.3) is 0 Å². The molecule has 3 heteroatoms. The highest BCUT2D eigenvalue weighted by atomic mass is 16.5. The zero-order chi connectivity index (χ0) is 16.2. The second-order valence-corrected chi connectivity index (χ2v) is 6.11. The summed E-state index contributed by atoms with van der Waals surface area (Å²) in [5, 5.41) is 3.20. The van der Waals surface area contributed by atoms with Gasteiger partial charge in [-0.15, -0.1) is 0 Å². The zero-order valence-corrected chi connectivity index (χ0v) is 13.7. The Bertz CT molecular complexity index is 668. The summed E-state index contributed by atoms with van der Waals surface area (Å²) in [6, 6.07) is 18.0. The van der Waals surface area contributed by atoms with Gasteiger partial charge >= 0.3 is 0 Å². The number of hydrogen-bond acceptors (Lipinski definition) is 2. The highest BCUT2D eigenvalue weighted by Crippen LogP contribution is 2.35. The molecule has 1 aliphatic rings. The second-order valence-electron chi connectivity index (χ2n) is 6.11. The van der Waals surface area contributed by atoms with Crippen molar-refractivity contribution >= 4 is 5.91 Å². The minimum absolute atomic E-state index is 0.0218. The number of carbonyl (C=O) groups is 1. The number of nitrogens with one attached hydrogen (secondary N) is 1. The summed E-state index contributed by atoms with van der Waals surface area (Å²) in [6.45, 7) is 4.64. The molecule has 23 heavy (non-hydrogen) atoms. The minimum Gasteiger partial charge on any atom is -0.491 e. The molecule has 0 fully saturated rings. The lowest BCUT2D eigenvalue weighted by molar-refractivity contribution is -0.123. The van der Waals surface area contributed by atoms with Crippen LogP contribution in [0.5, 0.6) is 5.75 Å². The van der Waals surface area contributed by atoms with Gasteiger partial charge < -0.3 is 10.1 Å². The van der Waals surface area contributed by atoms with Crippen molar-refractivity contribution in [1.29, 1.82) is 0 Å². The molecular formula is C20H23NO2. The summed E-state index contributed by atoms with van der Waals surface area (Å²) >= 11 is 0. The van der Waals surface area contributed by atoms with E-state index >= 15 is 0 Å². The molecule has 0 bridgehead atoms. The molecule has 0 radical (unpaired) electrons. The molecular weight excluding hydrogens is 286 g/mol. The van der Waals surface area contributed by atoms with Crippen molar-refractivity contribution in [2.24, 2.45) is 0 Å². The Morgan fingerprint density at radius 3 is 2.61 bits per heavy atom. The fourth-order valence-corrected chi connectivity index (χ4v) is 3.28. The van der Waals surface area contributed by atoms with Crippen molar-refractivity contribution in [3.05, 3.63) is 65.7 Å². The van der Waals surface area contributed by atoms with Crippen LogP contribution in [-0.2, 0) is 4.79 Å². The minimum atomic E-state index is -0.161. The molecule has 1 aliphatic heterocycles. The Kier molecular flexibility index (Phi) is 4.65. The molecule has 0 saturated carbocycles. The van der Waals surface area contributed by atoms with Crippen LogP contribution >= 0.6 is 0 Å². The number of hydrogen-bond donors (Lipinski definition) is 1. The molecule has 0 aromatic heterocycles. The Labute approximate surface area is 137 Å². The van der Waals surface area contributed by atoms with E-state index in [-0.39, 0.29) is 17.9 Å². The molecule has 3 rings (SSSR count). The second kappa shape index (κ2) is 6.86. The average molecular weight is 309 g/mol. The van der Waals surface area contributed by atoms with Crippen LogP contribution in [0.15, 0.2) is 54.6 Å². The lowest BCUT2D eigenvalue weighted by Gasteiger charge is -2.34. The van der Waals surface area contributed by atoms with Crippen LogP contribution in [0.1, 0.15) is 43.2 Å². The first kappa shape index (κ1) is 15.6. The fourth-order valence-electron chi connectivity index (χ4n) is 3.28.